The summed E-state index contributed by atoms with van der Waals surface area (Å²) in [6.45, 7) is 1.11. The summed E-state index contributed by atoms with van der Waals surface area (Å²) in [5, 5.41) is 15.3. The highest BCUT2D eigenvalue weighted by molar-refractivity contribution is 7.89. The molecule has 15 heavy (non-hydrogen) atoms. The van der Waals surface area contributed by atoms with Gasteiger partial charge in [0.15, 0.2) is 4.90 Å². The molecule has 0 saturated carbocycles. The van der Waals surface area contributed by atoms with Gasteiger partial charge in [-0.3, -0.25) is 10.1 Å². The van der Waals surface area contributed by atoms with E-state index in [9.17, 15) is 22.9 Å². The van der Waals surface area contributed by atoms with E-state index in [2.05, 4.69) is 0 Å². The molecule has 0 spiro atoms. The van der Waals surface area contributed by atoms with Gasteiger partial charge in [-0.15, -0.1) is 0 Å². The zero-order chi connectivity index (χ0) is 11.8. The van der Waals surface area contributed by atoms with Crippen LogP contribution in [-0.2, 0) is 10.0 Å². The zero-order valence-electron chi connectivity index (χ0n) is 7.60. The molecular formula is C7H7FN2O4S. The molecule has 1 rings (SSSR count). The Bertz CT molecular complexity index is 526. The monoisotopic (exact) mass is 234 g/mol. The Hall–Kier alpha value is -1.54. The Morgan fingerprint density at radius 1 is 1.47 bits per heavy atom. The van der Waals surface area contributed by atoms with Gasteiger partial charge in [0.25, 0.3) is 5.69 Å². The minimum Gasteiger partial charge on any atom is -0.258 e. The number of nitro groups is 1. The molecule has 1 aromatic carbocycles. The topological polar surface area (TPSA) is 103 Å². The lowest BCUT2D eigenvalue weighted by Gasteiger charge is -2.04. The number of hydrogen-bond donors (Lipinski definition) is 1. The molecule has 0 aliphatic carbocycles. The molecule has 2 N–H and O–H groups in total. The van der Waals surface area contributed by atoms with E-state index in [1.807, 2.05) is 0 Å². The van der Waals surface area contributed by atoms with Crippen molar-refractivity contribution in [2.45, 2.75) is 11.8 Å². The molecule has 0 bridgehead atoms. The molecule has 0 radical (unpaired) electrons. The minimum absolute atomic E-state index is 0.355. The molecule has 0 aliphatic rings. The van der Waals surface area contributed by atoms with E-state index in [1.54, 1.807) is 0 Å². The van der Waals surface area contributed by atoms with E-state index in [4.69, 9.17) is 5.14 Å². The molecule has 0 atom stereocenters. The Balaban J connectivity index is 3.72. The van der Waals surface area contributed by atoms with Gasteiger partial charge in [0.05, 0.1) is 4.92 Å². The van der Waals surface area contributed by atoms with Crippen LogP contribution in [0.1, 0.15) is 5.56 Å². The molecule has 1 aromatic rings. The summed E-state index contributed by atoms with van der Waals surface area (Å²) in [5.74, 6) is -0.857. The van der Waals surface area contributed by atoms with Crippen LogP contribution in [0, 0.1) is 22.9 Å². The Kier molecular flexibility index (Phi) is 2.73. The van der Waals surface area contributed by atoms with Crippen LogP contribution >= 0.6 is 0 Å². The molecule has 6 nitrogen and oxygen atoms in total. The fourth-order valence-electron chi connectivity index (χ4n) is 1.16. The van der Waals surface area contributed by atoms with Crippen molar-refractivity contribution in [3.63, 3.8) is 0 Å². The lowest BCUT2D eigenvalue weighted by molar-refractivity contribution is -0.388. The zero-order valence-corrected chi connectivity index (χ0v) is 8.41. The minimum atomic E-state index is -4.31. The van der Waals surface area contributed by atoms with Crippen LogP contribution in [0.5, 0.6) is 0 Å². The number of nitrogens with zero attached hydrogens (tertiary/aromatic N) is 1. The van der Waals surface area contributed by atoms with Gasteiger partial charge in [0.2, 0.25) is 10.0 Å². The molecule has 0 amide bonds. The van der Waals surface area contributed by atoms with Gasteiger partial charge < -0.3 is 0 Å². The Labute approximate surface area is 84.7 Å². The molecule has 0 unspecified atom stereocenters. The molecule has 0 saturated heterocycles. The van der Waals surface area contributed by atoms with Crippen LogP contribution < -0.4 is 5.14 Å². The lowest BCUT2D eigenvalue weighted by atomic mass is 10.2. The lowest BCUT2D eigenvalue weighted by Crippen LogP contribution is -2.16. The first-order valence-electron chi connectivity index (χ1n) is 3.71. The summed E-state index contributed by atoms with van der Waals surface area (Å²) in [6.07, 6.45) is 0. The van der Waals surface area contributed by atoms with E-state index in [0.717, 1.165) is 19.1 Å². The van der Waals surface area contributed by atoms with Crippen molar-refractivity contribution in [1.29, 1.82) is 0 Å². The quantitative estimate of drug-likeness (QED) is 0.600. The molecule has 82 valence electrons. The summed E-state index contributed by atoms with van der Waals surface area (Å²) in [5.41, 5.74) is -1.08. The van der Waals surface area contributed by atoms with Gasteiger partial charge in [0, 0.05) is 11.6 Å². The fraction of sp³-hybridized carbons (Fsp3) is 0.143. The maximum Gasteiger partial charge on any atom is 0.289 e. The second-order valence-electron chi connectivity index (χ2n) is 2.82. The number of nitro benzene ring substituents is 1. The van der Waals surface area contributed by atoms with E-state index in [-0.39, 0.29) is 5.56 Å². The largest absolute Gasteiger partial charge is 0.289 e. The van der Waals surface area contributed by atoms with Crippen LogP contribution in [-0.4, -0.2) is 13.3 Å². The first kappa shape index (κ1) is 11.5. The van der Waals surface area contributed by atoms with Gasteiger partial charge in [0.1, 0.15) is 5.82 Å². The number of nitrogens with two attached hydrogens (primary N) is 1. The van der Waals surface area contributed by atoms with Crippen LogP contribution in [0.15, 0.2) is 17.0 Å². The first-order chi connectivity index (χ1) is 6.75. The maximum atomic E-state index is 13.0. The van der Waals surface area contributed by atoms with E-state index >= 15 is 0 Å². The molecule has 0 heterocycles. The maximum absolute atomic E-state index is 13.0. The molecule has 0 aromatic heterocycles. The van der Waals surface area contributed by atoms with Crippen molar-refractivity contribution < 1.29 is 17.7 Å². The smallest absolute Gasteiger partial charge is 0.258 e. The van der Waals surface area contributed by atoms with Crippen molar-refractivity contribution in [2.24, 2.45) is 5.14 Å². The summed E-state index contributed by atoms with van der Waals surface area (Å²) < 4.78 is 35.1. The average molecular weight is 234 g/mol. The number of hydrogen-bond acceptors (Lipinski definition) is 4. The molecule has 8 heteroatoms. The van der Waals surface area contributed by atoms with Crippen LogP contribution in [0.3, 0.4) is 0 Å². The number of halogens is 1. The predicted octanol–water partition coefficient (Wildman–Crippen LogP) is 0.690. The summed E-state index contributed by atoms with van der Waals surface area (Å²) in [7, 11) is -4.31. The highest BCUT2D eigenvalue weighted by atomic mass is 32.2. The fourth-order valence-corrected chi connectivity index (χ4v) is 2.11. The van der Waals surface area contributed by atoms with Crippen molar-refractivity contribution >= 4 is 15.7 Å². The van der Waals surface area contributed by atoms with Gasteiger partial charge in [-0.1, -0.05) is 0 Å². The summed E-state index contributed by atoms with van der Waals surface area (Å²) in [6, 6.07) is 1.59. The second-order valence-corrected chi connectivity index (χ2v) is 4.32. The van der Waals surface area contributed by atoms with Crippen LogP contribution in [0.4, 0.5) is 10.1 Å². The van der Waals surface area contributed by atoms with Crippen molar-refractivity contribution in [1.82, 2.24) is 0 Å². The van der Waals surface area contributed by atoms with Crippen molar-refractivity contribution in [2.75, 3.05) is 0 Å². The standard InChI is InChI=1S/C7H7FN2O4S/c1-4-5(8)2-3-6(10(11)12)7(4)15(9,13)14/h2-3H,1H3,(H2,9,13,14). The number of sulfonamides is 1. The number of primary sulfonamides is 1. The summed E-state index contributed by atoms with van der Waals surface area (Å²) >= 11 is 0. The number of rotatable bonds is 2. The Morgan fingerprint density at radius 2 is 2.00 bits per heavy atom. The predicted molar refractivity (Wildman–Crippen MR) is 49.2 cm³/mol. The first-order valence-corrected chi connectivity index (χ1v) is 5.26. The normalized spacial score (nSPS) is 11.4. The molecule has 0 aliphatic heterocycles. The SMILES string of the molecule is Cc1c(F)ccc([N+](=O)[O-])c1S(N)(=O)=O. The van der Waals surface area contributed by atoms with Crippen LogP contribution in [0.2, 0.25) is 0 Å². The van der Waals surface area contributed by atoms with Gasteiger partial charge in [-0.05, 0) is 13.0 Å². The highest BCUT2D eigenvalue weighted by Gasteiger charge is 2.26. The third kappa shape index (κ3) is 2.10. The van der Waals surface area contributed by atoms with Crippen LogP contribution in [0.25, 0.3) is 0 Å². The molecular weight excluding hydrogens is 227 g/mol. The van der Waals surface area contributed by atoms with Gasteiger partial charge in [-0.25, -0.2) is 17.9 Å². The highest BCUT2D eigenvalue weighted by Crippen LogP contribution is 2.27. The van der Waals surface area contributed by atoms with Gasteiger partial charge in [-0.2, -0.15) is 0 Å². The van der Waals surface area contributed by atoms with Gasteiger partial charge >= 0.3 is 0 Å². The number of benzene rings is 1. The third-order valence-corrected chi connectivity index (χ3v) is 2.88. The van der Waals surface area contributed by atoms with E-state index in [0.29, 0.717) is 0 Å². The summed E-state index contributed by atoms with van der Waals surface area (Å²) in [4.78, 5) is 8.79. The third-order valence-electron chi connectivity index (χ3n) is 1.80. The van der Waals surface area contributed by atoms with E-state index in [1.165, 1.54) is 0 Å². The van der Waals surface area contributed by atoms with Crippen molar-refractivity contribution in [3.05, 3.63) is 33.6 Å². The Morgan fingerprint density at radius 3 is 2.40 bits per heavy atom. The average Bonchev–Trinajstić information content (AvgIpc) is 2.06. The second kappa shape index (κ2) is 3.55. The molecule has 0 fully saturated rings. The van der Waals surface area contributed by atoms with E-state index < -0.39 is 31.3 Å². The van der Waals surface area contributed by atoms with Crippen molar-refractivity contribution in [3.8, 4) is 0 Å².